The molecule has 2 aliphatic rings. The number of nitriles is 1. The van der Waals surface area contributed by atoms with Crippen LogP contribution in [0.3, 0.4) is 0 Å². The maximum atomic E-state index is 9.85. The van der Waals surface area contributed by atoms with Gasteiger partial charge < -0.3 is 19.7 Å². The first-order valence-electron chi connectivity index (χ1n) is 9.91. The van der Waals surface area contributed by atoms with E-state index in [1.54, 1.807) is 14.2 Å². The van der Waals surface area contributed by atoms with Crippen LogP contribution in [0.25, 0.3) is 0 Å². The van der Waals surface area contributed by atoms with E-state index < -0.39 is 0 Å². The van der Waals surface area contributed by atoms with Crippen molar-refractivity contribution >= 4 is 11.4 Å². The molecule has 1 aliphatic carbocycles. The Morgan fingerprint density at radius 1 is 1.07 bits per heavy atom. The number of piperidine rings is 1. The Bertz CT molecular complexity index is 889. The first-order chi connectivity index (χ1) is 13.7. The molecule has 2 aromatic rings. The Balaban J connectivity index is 1.51. The molecular formula is C23H27N3O2. The molecule has 1 N–H and O–H groups in total. The number of nitrogens with one attached hydrogen (secondary N) is 1. The van der Waals surface area contributed by atoms with Gasteiger partial charge in [0.1, 0.15) is 17.6 Å². The van der Waals surface area contributed by atoms with Crippen molar-refractivity contribution in [2.75, 3.05) is 37.5 Å². The van der Waals surface area contributed by atoms with Crippen LogP contribution in [0.2, 0.25) is 0 Å². The molecule has 1 saturated carbocycles. The summed E-state index contributed by atoms with van der Waals surface area (Å²) in [4.78, 5) is 2.38. The lowest BCUT2D eigenvalue weighted by Crippen LogP contribution is -2.34. The van der Waals surface area contributed by atoms with Gasteiger partial charge in [0.15, 0.2) is 0 Å². The van der Waals surface area contributed by atoms with E-state index in [2.05, 4.69) is 22.4 Å². The Morgan fingerprint density at radius 3 is 2.50 bits per heavy atom. The van der Waals surface area contributed by atoms with Crippen LogP contribution in [0.15, 0.2) is 36.4 Å². The van der Waals surface area contributed by atoms with Crippen LogP contribution in [0.1, 0.15) is 36.8 Å². The number of ether oxygens (including phenoxy) is 2. The molecule has 0 bridgehead atoms. The molecule has 146 valence electrons. The van der Waals surface area contributed by atoms with Crippen LogP contribution >= 0.6 is 0 Å². The summed E-state index contributed by atoms with van der Waals surface area (Å²) in [5.41, 5.74) is 4.28. The predicted octanol–water partition coefficient (Wildman–Crippen LogP) is 4.57. The topological polar surface area (TPSA) is 57.5 Å². The molecule has 0 aromatic heterocycles. The molecule has 0 unspecified atom stereocenters. The molecule has 1 aliphatic heterocycles. The first-order valence-corrected chi connectivity index (χ1v) is 9.91. The Kier molecular flexibility index (Phi) is 5.04. The van der Waals surface area contributed by atoms with Crippen LogP contribution < -0.4 is 19.7 Å². The van der Waals surface area contributed by atoms with Gasteiger partial charge in [-0.15, -0.1) is 0 Å². The molecule has 5 nitrogen and oxygen atoms in total. The van der Waals surface area contributed by atoms with Gasteiger partial charge in [0, 0.05) is 31.3 Å². The molecule has 28 heavy (non-hydrogen) atoms. The van der Waals surface area contributed by atoms with Gasteiger partial charge in [0.25, 0.3) is 0 Å². The SMILES string of the molecule is COc1ccc(CNc2cccc(N3CCC4(CC3)CC4)c2C#N)c(OC)c1. The highest BCUT2D eigenvalue weighted by Gasteiger charge is 2.44. The van der Waals surface area contributed by atoms with Gasteiger partial charge in [-0.1, -0.05) is 6.07 Å². The minimum atomic E-state index is 0.578. The highest BCUT2D eigenvalue weighted by atomic mass is 16.5. The quantitative estimate of drug-likeness (QED) is 0.799. The standard InChI is InChI=1S/C23H27N3O2/c1-27-18-7-6-17(22(14-18)28-2)16-25-20-4-3-5-21(19(20)15-24)26-12-10-23(8-9-23)11-13-26/h3-7,14,25H,8-13,16H2,1-2H3. The van der Waals surface area contributed by atoms with E-state index in [9.17, 15) is 5.26 Å². The van der Waals surface area contributed by atoms with E-state index >= 15 is 0 Å². The van der Waals surface area contributed by atoms with Crippen molar-refractivity contribution in [2.24, 2.45) is 5.41 Å². The second kappa shape index (κ2) is 7.63. The van der Waals surface area contributed by atoms with Gasteiger partial charge in [-0.2, -0.15) is 5.26 Å². The average Bonchev–Trinajstić information content (AvgIpc) is 3.51. The van der Waals surface area contributed by atoms with Crippen molar-refractivity contribution in [3.63, 3.8) is 0 Å². The number of hydrogen-bond donors (Lipinski definition) is 1. The molecule has 0 atom stereocenters. The van der Waals surface area contributed by atoms with Crippen molar-refractivity contribution < 1.29 is 9.47 Å². The van der Waals surface area contributed by atoms with E-state index in [0.29, 0.717) is 12.0 Å². The van der Waals surface area contributed by atoms with Crippen LogP contribution in [0.4, 0.5) is 11.4 Å². The third kappa shape index (κ3) is 3.60. The molecule has 2 fully saturated rings. The minimum Gasteiger partial charge on any atom is -0.497 e. The third-order valence-corrected chi connectivity index (χ3v) is 6.24. The zero-order chi connectivity index (χ0) is 19.6. The molecule has 0 amide bonds. The fourth-order valence-electron chi connectivity index (χ4n) is 4.16. The number of methoxy groups -OCH3 is 2. The van der Waals surface area contributed by atoms with Crippen molar-refractivity contribution in [3.8, 4) is 17.6 Å². The van der Waals surface area contributed by atoms with Crippen molar-refractivity contribution in [2.45, 2.75) is 32.2 Å². The van der Waals surface area contributed by atoms with E-state index in [0.717, 1.165) is 47.1 Å². The van der Waals surface area contributed by atoms with Crippen molar-refractivity contribution in [3.05, 3.63) is 47.5 Å². The molecule has 4 rings (SSSR count). The smallest absolute Gasteiger partial charge is 0.127 e. The highest BCUT2D eigenvalue weighted by molar-refractivity contribution is 5.72. The third-order valence-electron chi connectivity index (χ3n) is 6.24. The number of benzene rings is 2. The van der Waals surface area contributed by atoms with Gasteiger partial charge in [0.2, 0.25) is 0 Å². The van der Waals surface area contributed by atoms with E-state index in [4.69, 9.17) is 9.47 Å². The average molecular weight is 377 g/mol. The molecule has 0 radical (unpaired) electrons. The van der Waals surface area contributed by atoms with Crippen LogP contribution in [0.5, 0.6) is 11.5 Å². The normalized spacial score (nSPS) is 17.1. The Hall–Kier alpha value is -2.87. The summed E-state index contributed by atoms with van der Waals surface area (Å²) in [7, 11) is 3.30. The van der Waals surface area contributed by atoms with E-state index in [1.165, 1.54) is 25.7 Å². The summed E-state index contributed by atoms with van der Waals surface area (Å²) >= 11 is 0. The summed E-state index contributed by atoms with van der Waals surface area (Å²) in [5, 5.41) is 13.3. The minimum absolute atomic E-state index is 0.578. The lowest BCUT2D eigenvalue weighted by Gasteiger charge is -2.34. The monoisotopic (exact) mass is 377 g/mol. The largest absolute Gasteiger partial charge is 0.497 e. The second-order valence-electron chi connectivity index (χ2n) is 7.83. The summed E-state index contributed by atoms with van der Waals surface area (Å²) in [6.45, 7) is 2.67. The van der Waals surface area contributed by atoms with Gasteiger partial charge >= 0.3 is 0 Å². The lowest BCUT2D eigenvalue weighted by atomic mass is 9.93. The van der Waals surface area contributed by atoms with E-state index in [1.807, 2.05) is 30.3 Å². The zero-order valence-electron chi connectivity index (χ0n) is 16.6. The van der Waals surface area contributed by atoms with Gasteiger partial charge in [-0.3, -0.25) is 0 Å². The molecule has 1 saturated heterocycles. The number of anilines is 2. The lowest BCUT2D eigenvalue weighted by molar-refractivity contribution is 0.384. The Labute approximate surface area is 166 Å². The fraction of sp³-hybridized carbons (Fsp3) is 0.435. The molecule has 1 heterocycles. The maximum Gasteiger partial charge on any atom is 0.127 e. The fourth-order valence-corrected chi connectivity index (χ4v) is 4.16. The van der Waals surface area contributed by atoms with Gasteiger partial charge in [-0.25, -0.2) is 0 Å². The van der Waals surface area contributed by atoms with Crippen LogP contribution in [0, 0.1) is 16.7 Å². The summed E-state index contributed by atoms with van der Waals surface area (Å²) < 4.78 is 10.7. The summed E-state index contributed by atoms with van der Waals surface area (Å²) in [6, 6.07) is 14.3. The molecule has 2 aromatic carbocycles. The summed E-state index contributed by atoms with van der Waals surface area (Å²) in [6.07, 6.45) is 5.27. The first kappa shape index (κ1) is 18.5. The Morgan fingerprint density at radius 2 is 1.86 bits per heavy atom. The molecule has 5 heteroatoms. The zero-order valence-corrected chi connectivity index (χ0v) is 16.6. The van der Waals surface area contributed by atoms with Gasteiger partial charge in [0.05, 0.1) is 31.2 Å². The van der Waals surface area contributed by atoms with E-state index in [-0.39, 0.29) is 0 Å². The van der Waals surface area contributed by atoms with Crippen molar-refractivity contribution in [1.29, 1.82) is 5.26 Å². The number of rotatable bonds is 6. The van der Waals surface area contributed by atoms with Crippen LogP contribution in [-0.4, -0.2) is 27.3 Å². The predicted molar refractivity (Wildman–Crippen MR) is 111 cm³/mol. The van der Waals surface area contributed by atoms with Crippen molar-refractivity contribution in [1.82, 2.24) is 0 Å². The van der Waals surface area contributed by atoms with Gasteiger partial charge in [-0.05, 0) is 55.4 Å². The number of hydrogen-bond acceptors (Lipinski definition) is 5. The molecule has 1 spiro atoms. The van der Waals surface area contributed by atoms with Crippen LogP contribution in [-0.2, 0) is 6.54 Å². The summed E-state index contributed by atoms with van der Waals surface area (Å²) in [5.74, 6) is 1.53. The molecular weight excluding hydrogens is 350 g/mol. The second-order valence-corrected chi connectivity index (χ2v) is 7.83. The highest BCUT2D eigenvalue weighted by Crippen LogP contribution is 2.54. The maximum absolute atomic E-state index is 9.85. The number of nitrogens with zero attached hydrogens (tertiary/aromatic N) is 2.